The summed E-state index contributed by atoms with van der Waals surface area (Å²) in [5, 5.41) is 2.74. The number of nitrogens with one attached hydrogen (secondary N) is 1. The SMILES string of the molecule is CC(=O)N1C[C@H](C)CC1C(=O)N[C@@H](CCc1cccc(C)c1)C(N)=O. The van der Waals surface area contributed by atoms with Gasteiger partial charge in [0.15, 0.2) is 0 Å². The van der Waals surface area contributed by atoms with Crippen LogP contribution in [0.15, 0.2) is 24.3 Å². The van der Waals surface area contributed by atoms with Crippen LogP contribution >= 0.6 is 0 Å². The van der Waals surface area contributed by atoms with E-state index in [1.54, 1.807) is 4.90 Å². The molecule has 136 valence electrons. The average Bonchev–Trinajstić information content (AvgIpc) is 2.93. The van der Waals surface area contributed by atoms with Gasteiger partial charge in [0.1, 0.15) is 12.1 Å². The first-order chi connectivity index (χ1) is 11.8. The summed E-state index contributed by atoms with van der Waals surface area (Å²) in [4.78, 5) is 37.6. The van der Waals surface area contributed by atoms with E-state index in [2.05, 4.69) is 11.4 Å². The van der Waals surface area contributed by atoms with Crippen LogP contribution in [0.5, 0.6) is 0 Å². The lowest BCUT2D eigenvalue weighted by Crippen LogP contribution is -2.52. The smallest absolute Gasteiger partial charge is 0.243 e. The number of nitrogens with two attached hydrogens (primary N) is 1. The lowest BCUT2D eigenvalue weighted by atomic mass is 10.0. The fourth-order valence-corrected chi connectivity index (χ4v) is 3.37. The van der Waals surface area contributed by atoms with Gasteiger partial charge < -0.3 is 16.0 Å². The van der Waals surface area contributed by atoms with Crippen molar-refractivity contribution in [3.8, 4) is 0 Å². The van der Waals surface area contributed by atoms with Crippen molar-refractivity contribution in [1.82, 2.24) is 10.2 Å². The van der Waals surface area contributed by atoms with Crippen molar-refractivity contribution in [3.05, 3.63) is 35.4 Å². The Labute approximate surface area is 148 Å². The molecule has 1 unspecified atom stereocenters. The number of nitrogens with zero attached hydrogens (tertiary/aromatic N) is 1. The molecule has 0 radical (unpaired) electrons. The number of amides is 3. The maximum Gasteiger partial charge on any atom is 0.243 e. The molecule has 0 aromatic heterocycles. The number of rotatable bonds is 6. The predicted molar refractivity (Wildman–Crippen MR) is 95.6 cm³/mol. The van der Waals surface area contributed by atoms with Gasteiger partial charge >= 0.3 is 0 Å². The van der Waals surface area contributed by atoms with Gasteiger partial charge in [0, 0.05) is 13.5 Å². The molecule has 1 heterocycles. The van der Waals surface area contributed by atoms with Gasteiger partial charge in [-0.05, 0) is 37.7 Å². The first-order valence-electron chi connectivity index (χ1n) is 8.70. The molecule has 0 aliphatic carbocycles. The number of hydrogen-bond donors (Lipinski definition) is 2. The van der Waals surface area contributed by atoms with Gasteiger partial charge in [0.2, 0.25) is 17.7 Å². The lowest BCUT2D eigenvalue weighted by Gasteiger charge is -2.24. The second-order valence-corrected chi connectivity index (χ2v) is 7.02. The van der Waals surface area contributed by atoms with Crippen LogP contribution in [0.3, 0.4) is 0 Å². The molecule has 3 atom stereocenters. The largest absolute Gasteiger partial charge is 0.368 e. The third-order valence-corrected chi connectivity index (χ3v) is 4.68. The molecule has 1 aliphatic rings. The molecule has 2 rings (SSSR count). The Hall–Kier alpha value is -2.37. The summed E-state index contributed by atoms with van der Waals surface area (Å²) < 4.78 is 0. The molecule has 3 N–H and O–H groups in total. The highest BCUT2D eigenvalue weighted by molar-refractivity contribution is 5.91. The molecule has 1 fully saturated rings. The maximum absolute atomic E-state index is 12.6. The van der Waals surface area contributed by atoms with Crippen LogP contribution in [0, 0.1) is 12.8 Å². The van der Waals surface area contributed by atoms with Gasteiger partial charge in [-0.1, -0.05) is 36.8 Å². The number of carbonyl (C=O) groups excluding carboxylic acids is 3. The highest BCUT2D eigenvalue weighted by Gasteiger charge is 2.37. The highest BCUT2D eigenvalue weighted by atomic mass is 16.2. The third kappa shape index (κ3) is 5.05. The first-order valence-corrected chi connectivity index (χ1v) is 8.70. The minimum atomic E-state index is -0.738. The molecule has 1 aliphatic heterocycles. The molecule has 1 aromatic carbocycles. The summed E-state index contributed by atoms with van der Waals surface area (Å²) in [5.41, 5.74) is 7.71. The van der Waals surface area contributed by atoms with Crippen molar-refractivity contribution in [2.75, 3.05) is 6.54 Å². The van der Waals surface area contributed by atoms with E-state index in [0.717, 1.165) is 11.1 Å². The van der Waals surface area contributed by atoms with E-state index in [1.165, 1.54) is 6.92 Å². The van der Waals surface area contributed by atoms with Crippen molar-refractivity contribution in [3.63, 3.8) is 0 Å². The highest BCUT2D eigenvalue weighted by Crippen LogP contribution is 2.23. The van der Waals surface area contributed by atoms with Gasteiger partial charge in [-0.25, -0.2) is 0 Å². The molecular weight excluding hydrogens is 318 g/mol. The van der Waals surface area contributed by atoms with E-state index in [9.17, 15) is 14.4 Å². The molecule has 1 aromatic rings. The number of aryl methyl sites for hydroxylation is 2. The zero-order chi connectivity index (χ0) is 18.6. The predicted octanol–water partition coefficient (Wildman–Crippen LogP) is 1.15. The maximum atomic E-state index is 12.6. The van der Waals surface area contributed by atoms with Crippen molar-refractivity contribution >= 4 is 17.7 Å². The van der Waals surface area contributed by atoms with Crippen LogP contribution in [0.1, 0.15) is 37.8 Å². The molecule has 25 heavy (non-hydrogen) atoms. The molecule has 6 heteroatoms. The summed E-state index contributed by atoms with van der Waals surface area (Å²) in [6.45, 7) is 6.04. The summed E-state index contributed by atoms with van der Waals surface area (Å²) in [6.07, 6.45) is 1.69. The van der Waals surface area contributed by atoms with Gasteiger partial charge in [-0.15, -0.1) is 0 Å². The number of hydrogen-bond acceptors (Lipinski definition) is 3. The van der Waals surface area contributed by atoms with Crippen LogP contribution in [-0.2, 0) is 20.8 Å². The van der Waals surface area contributed by atoms with Crippen molar-refractivity contribution in [1.29, 1.82) is 0 Å². The average molecular weight is 345 g/mol. The molecule has 6 nitrogen and oxygen atoms in total. The number of benzene rings is 1. The Kier molecular flexibility index (Phi) is 6.17. The molecule has 0 spiro atoms. The quantitative estimate of drug-likeness (QED) is 0.810. The van der Waals surface area contributed by atoms with Crippen molar-refractivity contribution < 1.29 is 14.4 Å². The van der Waals surface area contributed by atoms with Crippen LogP contribution in [0.2, 0.25) is 0 Å². The summed E-state index contributed by atoms with van der Waals surface area (Å²) in [5.74, 6) is -0.715. The van der Waals surface area contributed by atoms with E-state index in [1.807, 2.05) is 32.0 Å². The minimum Gasteiger partial charge on any atom is -0.368 e. The Morgan fingerprint density at radius 1 is 1.36 bits per heavy atom. The van der Waals surface area contributed by atoms with Gasteiger partial charge in [-0.2, -0.15) is 0 Å². The standard InChI is InChI=1S/C19H27N3O3/c1-12-5-4-6-15(9-12)7-8-16(18(20)24)21-19(25)17-10-13(2)11-22(17)14(3)23/h4-6,9,13,16-17H,7-8,10-11H2,1-3H3,(H2,20,24)(H,21,25)/t13-,16+,17?/m1/s1. The number of primary amides is 1. The van der Waals surface area contributed by atoms with E-state index in [0.29, 0.717) is 25.8 Å². The molecule has 3 amide bonds. The van der Waals surface area contributed by atoms with E-state index in [-0.39, 0.29) is 17.7 Å². The zero-order valence-electron chi connectivity index (χ0n) is 15.1. The molecule has 0 saturated carbocycles. The Bertz CT molecular complexity index is 659. The fourth-order valence-electron chi connectivity index (χ4n) is 3.37. The number of likely N-dealkylation sites (tertiary alicyclic amines) is 1. The van der Waals surface area contributed by atoms with E-state index in [4.69, 9.17) is 5.73 Å². The van der Waals surface area contributed by atoms with Crippen molar-refractivity contribution in [2.24, 2.45) is 11.7 Å². The number of carbonyl (C=O) groups is 3. The lowest BCUT2D eigenvalue weighted by molar-refractivity contribution is -0.138. The van der Waals surface area contributed by atoms with E-state index < -0.39 is 18.0 Å². The topological polar surface area (TPSA) is 92.5 Å². The first kappa shape index (κ1) is 19.0. The van der Waals surface area contributed by atoms with Crippen LogP contribution in [-0.4, -0.2) is 41.2 Å². The van der Waals surface area contributed by atoms with Crippen LogP contribution in [0.25, 0.3) is 0 Å². The van der Waals surface area contributed by atoms with Gasteiger partial charge in [0.05, 0.1) is 0 Å². The van der Waals surface area contributed by atoms with Crippen LogP contribution < -0.4 is 11.1 Å². The Morgan fingerprint density at radius 2 is 2.08 bits per heavy atom. The zero-order valence-corrected chi connectivity index (χ0v) is 15.1. The molecule has 1 saturated heterocycles. The minimum absolute atomic E-state index is 0.125. The van der Waals surface area contributed by atoms with Crippen molar-refractivity contribution in [2.45, 2.75) is 52.1 Å². The summed E-state index contributed by atoms with van der Waals surface area (Å²) >= 11 is 0. The second-order valence-electron chi connectivity index (χ2n) is 7.02. The fraction of sp³-hybridized carbons (Fsp3) is 0.526. The normalized spacial score (nSPS) is 21.0. The molecular formula is C19H27N3O3. The monoisotopic (exact) mass is 345 g/mol. The Balaban J connectivity index is 1.99. The van der Waals surface area contributed by atoms with Gasteiger partial charge in [-0.3, -0.25) is 14.4 Å². The third-order valence-electron chi connectivity index (χ3n) is 4.68. The second kappa shape index (κ2) is 8.14. The summed E-state index contributed by atoms with van der Waals surface area (Å²) in [7, 11) is 0. The van der Waals surface area contributed by atoms with Gasteiger partial charge in [0.25, 0.3) is 0 Å². The summed E-state index contributed by atoms with van der Waals surface area (Å²) in [6, 6.07) is 6.76. The molecule has 0 bridgehead atoms. The van der Waals surface area contributed by atoms with Crippen LogP contribution in [0.4, 0.5) is 0 Å². The Morgan fingerprint density at radius 3 is 2.68 bits per heavy atom. The van der Waals surface area contributed by atoms with E-state index >= 15 is 0 Å².